The first-order valence-corrected chi connectivity index (χ1v) is 7.73. The van der Waals surface area contributed by atoms with E-state index < -0.39 is 10.0 Å². The zero-order valence-corrected chi connectivity index (χ0v) is 11.8. The summed E-state index contributed by atoms with van der Waals surface area (Å²) in [6.07, 6.45) is 1.78. The molecular formula is C12H14ClN3O2S. The van der Waals surface area contributed by atoms with Crippen LogP contribution in [0, 0.1) is 11.3 Å². The number of rotatable bonds is 5. The first kappa shape index (κ1) is 14.1. The van der Waals surface area contributed by atoms with Crippen LogP contribution >= 0.6 is 11.6 Å². The van der Waals surface area contributed by atoms with Gasteiger partial charge in [-0.3, -0.25) is 0 Å². The second kappa shape index (κ2) is 5.37. The zero-order valence-electron chi connectivity index (χ0n) is 10.2. The van der Waals surface area contributed by atoms with Crippen molar-refractivity contribution in [3.8, 4) is 6.07 Å². The third-order valence-electron chi connectivity index (χ3n) is 2.96. The molecule has 1 fully saturated rings. The Kier molecular flexibility index (Phi) is 3.99. The van der Waals surface area contributed by atoms with Crippen LogP contribution in [0.1, 0.15) is 19.3 Å². The first-order chi connectivity index (χ1) is 8.98. The van der Waals surface area contributed by atoms with Crippen LogP contribution < -0.4 is 5.73 Å². The van der Waals surface area contributed by atoms with Crippen LogP contribution in [0.25, 0.3) is 0 Å². The second-order valence-electron chi connectivity index (χ2n) is 4.41. The number of nitrogens with zero attached hydrogens (tertiary/aromatic N) is 2. The van der Waals surface area contributed by atoms with Gasteiger partial charge in [-0.15, -0.1) is 0 Å². The summed E-state index contributed by atoms with van der Waals surface area (Å²) in [5.41, 5.74) is 5.87. The van der Waals surface area contributed by atoms with E-state index in [4.69, 9.17) is 22.6 Å². The summed E-state index contributed by atoms with van der Waals surface area (Å²) in [4.78, 5) is -0.0542. The highest BCUT2D eigenvalue weighted by molar-refractivity contribution is 7.89. The molecule has 0 heterocycles. The summed E-state index contributed by atoms with van der Waals surface area (Å²) in [5, 5.41) is 8.75. The normalized spacial score (nSPS) is 15.4. The maximum absolute atomic E-state index is 12.6. The Labute approximate surface area is 117 Å². The third-order valence-corrected chi connectivity index (χ3v) is 5.46. The predicted molar refractivity (Wildman–Crippen MR) is 73.0 cm³/mol. The fourth-order valence-electron chi connectivity index (χ4n) is 1.94. The molecule has 5 nitrogen and oxygen atoms in total. The minimum atomic E-state index is -3.75. The highest BCUT2D eigenvalue weighted by atomic mass is 35.5. The van der Waals surface area contributed by atoms with Crippen molar-refractivity contribution >= 4 is 27.3 Å². The van der Waals surface area contributed by atoms with Crippen LogP contribution in [0.5, 0.6) is 0 Å². The topological polar surface area (TPSA) is 87.2 Å². The molecule has 0 bridgehead atoms. The van der Waals surface area contributed by atoms with Gasteiger partial charge in [-0.2, -0.15) is 9.57 Å². The Bertz CT molecular complexity index is 600. The summed E-state index contributed by atoms with van der Waals surface area (Å²) in [6.45, 7) is 0.175. The number of halogens is 1. The van der Waals surface area contributed by atoms with E-state index in [1.165, 1.54) is 16.4 Å². The fraction of sp³-hybridized carbons (Fsp3) is 0.417. The number of nitrogens with two attached hydrogens (primary N) is 1. The maximum atomic E-state index is 12.6. The Balaban J connectivity index is 2.42. The molecule has 1 aliphatic carbocycles. The Morgan fingerprint density at radius 3 is 2.68 bits per heavy atom. The van der Waals surface area contributed by atoms with Crippen LogP contribution in [-0.4, -0.2) is 25.3 Å². The van der Waals surface area contributed by atoms with Gasteiger partial charge in [0.05, 0.1) is 16.8 Å². The minimum Gasteiger partial charge on any atom is -0.398 e. The molecule has 1 saturated carbocycles. The molecule has 0 spiro atoms. The third kappa shape index (κ3) is 2.84. The van der Waals surface area contributed by atoms with Gasteiger partial charge in [0.1, 0.15) is 4.90 Å². The molecule has 0 amide bonds. The molecule has 1 aromatic carbocycles. The Hall–Kier alpha value is -1.29. The van der Waals surface area contributed by atoms with Crippen LogP contribution in [0.4, 0.5) is 5.69 Å². The average Bonchev–Trinajstić information content (AvgIpc) is 3.13. The molecular weight excluding hydrogens is 286 g/mol. The van der Waals surface area contributed by atoms with Gasteiger partial charge < -0.3 is 5.73 Å². The lowest BCUT2D eigenvalue weighted by atomic mass is 10.3. The number of anilines is 1. The molecule has 0 saturated heterocycles. The molecule has 1 aliphatic rings. The van der Waals surface area contributed by atoms with Gasteiger partial charge in [-0.05, 0) is 25.0 Å². The van der Waals surface area contributed by atoms with Crippen molar-refractivity contribution in [3.05, 3.63) is 23.2 Å². The predicted octanol–water partition coefficient (Wildman–Crippen LogP) is 1.99. The van der Waals surface area contributed by atoms with Crippen molar-refractivity contribution in [2.75, 3.05) is 12.3 Å². The molecule has 0 aromatic heterocycles. The molecule has 0 unspecified atom stereocenters. The molecule has 19 heavy (non-hydrogen) atoms. The monoisotopic (exact) mass is 299 g/mol. The van der Waals surface area contributed by atoms with Gasteiger partial charge in [0.15, 0.2) is 0 Å². The molecule has 0 aliphatic heterocycles. The van der Waals surface area contributed by atoms with Crippen molar-refractivity contribution in [1.29, 1.82) is 5.26 Å². The molecule has 0 atom stereocenters. The number of nitriles is 1. The Morgan fingerprint density at radius 1 is 1.47 bits per heavy atom. The molecule has 1 aromatic rings. The van der Waals surface area contributed by atoms with Crippen molar-refractivity contribution in [2.45, 2.75) is 30.2 Å². The molecule has 102 valence electrons. The summed E-state index contributed by atoms with van der Waals surface area (Å²) in [5.74, 6) is 0. The highest BCUT2D eigenvalue weighted by Crippen LogP contribution is 2.36. The van der Waals surface area contributed by atoms with E-state index in [1.807, 2.05) is 6.07 Å². The van der Waals surface area contributed by atoms with E-state index >= 15 is 0 Å². The van der Waals surface area contributed by atoms with E-state index in [2.05, 4.69) is 0 Å². The summed E-state index contributed by atoms with van der Waals surface area (Å²) >= 11 is 5.97. The minimum absolute atomic E-state index is 0.0333. The van der Waals surface area contributed by atoms with Crippen molar-refractivity contribution in [2.24, 2.45) is 0 Å². The van der Waals surface area contributed by atoms with Gasteiger partial charge >= 0.3 is 0 Å². The van der Waals surface area contributed by atoms with E-state index in [9.17, 15) is 8.42 Å². The van der Waals surface area contributed by atoms with Crippen LogP contribution in [0.3, 0.4) is 0 Å². The number of benzene rings is 1. The molecule has 0 radical (unpaired) electrons. The van der Waals surface area contributed by atoms with Crippen LogP contribution in [0.15, 0.2) is 23.1 Å². The number of hydrogen-bond acceptors (Lipinski definition) is 4. The first-order valence-electron chi connectivity index (χ1n) is 5.91. The standard InChI is InChI=1S/C12H14ClN3O2S/c13-10-3-1-4-11(15)12(10)19(17,18)16(8-2-7-14)9-5-6-9/h1,3-4,9H,2,5-6,8,15H2. The van der Waals surface area contributed by atoms with E-state index in [0.717, 1.165) is 12.8 Å². The van der Waals surface area contributed by atoms with E-state index in [0.29, 0.717) is 0 Å². The lowest BCUT2D eigenvalue weighted by Crippen LogP contribution is -2.34. The average molecular weight is 300 g/mol. The van der Waals surface area contributed by atoms with Crippen molar-refractivity contribution in [1.82, 2.24) is 4.31 Å². The quantitative estimate of drug-likeness (QED) is 0.842. The van der Waals surface area contributed by atoms with E-state index in [1.54, 1.807) is 6.07 Å². The number of hydrogen-bond donors (Lipinski definition) is 1. The van der Waals surface area contributed by atoms with Gasteiger partial charge in [-0.25, -0.2) is 8.42 Å². The molecule has 7 heteroatoms. The zero-order chi connectivity index (χ0) is 14.0. The van der Waals surface area contributed by atoms with Gasteiger partial charge in [0.25, 0.3) is 0 Å². The van der Waals surface area contributed by atoms with Gasteiger partial charge in [0.2, 0.25) is 10.0 Å². The van der Waals surface area contributed by atoms with Crippen molar-refractivity contribution in [3.63, 3.8) is 0 Å². The Morgan fingerprint density at radius 2 is 2.16 bits per heavy atom. The molecule has 2 rings (SSSR count). The lowest BCUT2D eigenvalue weighted by molar-refractivity contribution is 0.411. The fourth-order valence-corrected chi connectivity index (χ4v) is 4.26. The summed E-state index contributed by atoms with van der Waals surface area (Å²) < 4.78 is 26.6. The highest BCUT2D eigenvalue weighted by Gasteiger charge is 2.39. The largest absolute Gasteiger partial charge is 0.398 e. The van der Waals surface area contributed by atoms with Crippen molar-refractivity contribution < 1.29 is 8.42 Å². The van der Waals surface area contributed by atoms with Gasteiger partial charge in [-0.1, -0.05) is 17.7 Å². The summed E-state index contributed by atoms with van der Waals surface area (Å²) in [7, 11) is -3.75. The lowest BCUT2D eigenvalue weighted by Gasteiger charge is -2.22. The van der Waals surface area contributed by atoms with Gasteiger partial charge in [0, 0.05) is 19.0 Å². The number of sulfonamides is 1. The van der Waals surface area contributed by atoms with Crippen LogP contribution in [0.2, 0.25) is 5.02 Å². The SMILES string of the molecule is N#CCCN(C1CC1)S(=O)(=O)c1c(N)cccc1Cl. The van der Waals surface area contributed by atoms with Crippen LogP contribution in [-0.2, 0) is 10.0 Å². The molecule has 2 N–H and O–H groups in total. The van der Waals surface area contributed by atoms with E-state index in [-0.39, 0.29) is 34.6 Å². The number of nitrogen functional groups attached to an aromatic ring is 1. The maximum Gasteiger partial charge on any atom is 0.246 e. The second-order valence-corrected chi connectivity index (χ2v) is 6.65. The summed E-state index contributed by atoms with van der Waals surface area (Å²) in [6, 6.07) is 6.54. The smallest absolute Gasteiger partial charge is 0.246 e.